The molecule has 1 aromatic rings. The van der Waals surface area contributed by atoms with Crippen LogP contribution in [0, 0.1) is 3.57 Å². The monoisotopic (exact) mass is 346 g/mol. The minimum Gasteiger partial charge on any atom is -0.394 e. The van der Waals surface area contributed by atoms with E-state index in [0.29, 0.717) is 5.56 Å². The van der Waals surface area contributed by atoms with Gasteiger partial charge in [0.05, 0.1) is 17.7 Å². The van der Waals surface area contributed by atoms with Crippen LogP contribution in [-0.2, 0) is 0 Å². The van der Waals surface area contributed by atoms with Crippen molar-refractivity contribution >= 4 is 28.5 Å². The second kappa shape index (κ2) is 5.30. The number of hydrogen-bond donors (Lipinski definition) is 2. The average Bonchev–Trinajstić information content (AvgIpc) is 2.78. The zero-order chi connectivity index (χ0) is 12.3. The van der Waals surface area contributed by atoms with Crippen molar-refractivity contribution in [1.29, 1.82) is 0 Å². The van der Waals surface area contributed by atoms with Gasteiger partial charge >= 0.3 is 0 Å². The third-order valence-electron chi connectivity index (χ3n) is 3.21. The molecule has 1 heterocycles. The summed E-state index contributed by atoms with van der Waals surface area (Å²) in [6, 6.07) is 1.79. The number of aliphatic hydroxyl groups excluding tert-OH is 1. The van der Waals surface area contributed by atoms with Crippen LogP contribution in [0.15, 0.2) is 18.5 Å². The predicted molar refractivity (Wildman–Crippen MR) is 72.7 cm³/mol. The molecule has 1 aliphatic rings. The molecule has 1 saturated carbocycles. The highest BCUT2D eigenvalue weighted by atomic mass is 127. The highest BCUT2D eigenvalue weighted by molar-refractivity contribution is 14.1. The van der Waals surface area contributed by atoms with E-state index in [4.69, 9.17) is 0 Å². The van der Waals surface area contributed by atoms with Gasteiger partial charge in [-0.25, -0.2) is 0 Å². The van der Waals surface area contributed by atoms with E-state index < -0.39 is 5.54 Å². The first-order valence-corrected chi connectivity index (χ1v) is 6.77. The number of carbonyl (C=O) groups excluding carboxylic acids is 1. The van der Waals surface area contributed by atoms with Gasteiger partial charge in [0.15, 0.2) is 0 Å². The molecule has 0 saturated heterocycles. The fourth-order valence-corrected chi connectivity index (χ4v) is 2.72. The molecule has 0 aliphatic heterocycles. The van der Waals surface area contributed by atoms with E-state index in [1.165, 1.54) is 0 Å². The first kappa shape index (κ1) is 12.8. The number of nitrogens with zero attached hydrogens (tertiary/aromatic N) is 1. The van der Waals surface area contributed by atoms with Crippen LogP contribution >= 0.6 is 22.6 Å². The Labute approximate surface area is 114 Å². The summed E-state index contributed by atoms with van der Waals surface area (Å²) < 4.78 is 0.930. The Balaban J connectivity index is 2.11. The van der Waals surface area contributed by atoms with Crippen molar-refractivity contribution in [2.75, 3.05) is 6.61 Å². The standard InChI is InChI=1S/C12H15IN2O2/c13-10-5-9(6-14-7-10)11(17)15-12(8-16)3-1-2-4-12/h5-7,16H,1-4,8H2,(H,15,17). The van der Waals surface area contributed by atoms with E-state index in [1.54, 1.807) is 18.5 Å². The Morgan fingerprint density at radius 1 is 1.47 bits per heavy atom. The van der Waals surface area contributed by atoms with Crippen molar-refractivity contribution in [2.24, 2.45) is 0 Å². The minimum atomic E-state index is -0.418. The van der Waals surface area contributed by atoms with E-state index >= 15 is 0 Å². The van der Waals surface area contributed by atoms with E-state index in [2.05, 4.69) is 32.9 Å². The van der Waals surface area contributed by atoms with Crippen molar-refractivity contribution in [3.63, 3.8) is 0 Å². The van der Waals surface area contributed by atoms with Gasteiger partial charge in [0.2, 0.25) is 0 Å². The Hall–Kier alpha value is -0.690. The van der Waals surface area contributed by atoms with Gasteiger partial charge in [-0.1, -0.05) is 12.8 Å². The third kappa shape index (κ3) is 2.95. The molecule has 92 valence electrons. The molecule has 0 bridgehead atoms. The number of amides is 1. The molecular weight excluding hydrogens is 331 g/mol. The molecule has 2 N–H and O–H groups in total. The van der Waals surface area contributed by atoms with Gasteiger partial charge in [-0.3, -0.25) is 9.78 Å². The van der Waals surface area contributed by atoms with Crippen molar-refractivity contribution < 1.29 is 9.90 Å². The number of aromatic nitrogens is 1. The van der Waals surface area contributed by atoms with Gasteiger partial charge in [-0.05, 0) is 41.5 Å². The van der Waals surface area contributed by atoms with Crippen LogP contribution in [0.25, 0.3) is 0 Å². The number of hydrogen-bond acceptors (Lipinski definition) is 3. The highest BCUT2D eigenvalue weighted by Gasteiger charge is 2.34. The van der Waals surface area contributed by atoms with E-state index in [-0.39, 0.29) is 12.5 Å². The molecule has 0 atom stereocenters. The van der Waals surface area contributed by atoms with Crippen molar-refractivity contribution in [2.45, 2.75) is 31.2 Å². The van der Waals surface area contributed by atoms with E-state index in [9.17, 15) is 9.90 Å². The summed E-state index contributed by atoms with van der Waals surface area (Å²) in [6.45, 7) is 0.0100. The number of rotatable bonds is 3. The first-order valence-electron chi connectivity index (χ1n) is 5.69. The van der Waals surface area contributed by atoms with Crippen LogP contribution in [0.3, 0.4) is 0 Å². The maximum absolute atomic E-state index is 12.1. The summed E-state index contributed by atoms with van der Waals surface area (Å²) in [5.74, 6) is -0.146. The molecule has 0 spiro atoms. The van der Waals surface area contributed by atoms with Gasteiger partial charge < -0.3 is 10.4 Å². The maximum Gasteiger partial charge on any atom is 0.253 e. The van der Waals surface area contributed by atoms with Crippen LogP contribution in [0.5, 0.6) is 0 Å². The molecule has 1 fully saturated rings. The molecular formula is C12H15IN2O2. The number of halogens is 1. The number of carbonyl (C=O) groups is 1. The smallest absolute Gasteiger partial charge is 0.253 e. The van der Waals surface area contributed by atoms with Gasteiger partial charge in [0.25, 0.3) is 5.91 Å². The molecule has 2 rings (SSSR count). The Kier molecular flexibility index (Phi) is 3.98. The zero-order valence-corrected chi connectivity index (χ0v) is 11.6. The summed E-state index contributed by atoms with van der Waals surface area (Å²) in [5.41, 5.74) is 0.134. The third-order valence-corrected chi connectivity index (χ3v) is 3.80. The molecule has 1 aliphatic carbocycles. The lowest BCUT2D eigenvalue weighted by Gasteiger charge is -2.27. The summed E-state index contributed by atoms with van der Waals surface area (Å²) >= 11 is 2.12. The molecule has 4 nitrogen and oxygen atoms in total. The average molecular weight is 346 g/mol. The summed E-state index contributed by atoms with van der Waals surface area (Å²) in [4.78, 5) is 16.0. The van der Waals surface area contributed by atoms with Gasteiger partial charge in [-0.2, -0.15) is 0 Å². The fourth-order valence-electron chi connectivity index (χ4n) is 2.22. The quantitative estimate of drug-likeness (QED) is 0.820. The van der Waals surface area contributed by atoms with Crippen molar-refractivity contribution in [1.82, 2.24) is 10.3 Å². The minimum absolute atomic E-state index is 0.0100. The number of aliphatic hydroxyl groups is 1. The maximum atomic E-state index is 12.1. The zero-order valence-electron chi connectivity index (χ0n) is 9.45. The molecule has 0 unspecified atom stereocenters. The number of nitrogens with one attached hydrogen (secondary N) is 1. The predicted octanol–water partition coefficient (Wildman–Crippen LogP) is 1.72. The van der Waals surface area contributed by atoms with E-state index in [1.807, 2.05) is 0 Å². The van der Waals surface area contributed by atoms with Crippen molar-refractivity contribution in [3.8, 4) is 0 Å². The highest BCUT2D eigenvalue weighted by Crippen LogP contribution is 2.29. The SMILES string of the molecule is O=C(NC1(CO)CCCC1)c1cncc(I)c1. The Morgan fingerprint density at radius 2 is 2.18 bits per heavy atom. The Morgan fingerprint density at radius 3 is 2.76 bits per heavy atom. The van der Waals surface area contributed by atoms with Gasteiger partial charge in [-0.15, -0.1) is 0 Å². The van der Waals surface area contributed by atoms with Gasteiger partial charge in [0, 0.05) is 16.0 Å². The van der Waals surface area contributed by atoms with Crippen LogP contribution in [0.4, 0.5) is 0 Å². The van der Waals surface area contributed by atoms with Gasteiger partial charge in [0.1, 0.15) is 0 Å². The largest absolute Gasteiger partial charge is 0.394 e. The molecule has 5 heteroatoms. The topological polar surface area (TPSA) is 62.2 Å². The molecule has 0 aromatic carbocycles. The Bertz CT molecular complexity index is 417. The van der Waals surface area contributed by atoms with Crippen LogP contribution in [-0.4, -0.2) is 28.1 Å². The molecule has 1 amide bonds. The molecule has 0 radical (unpaired) electrons. The lowest BCUT2D eigenvalue weighted by atomic mass is 9.98. The summed E-state index contributed by atoms with van der Waals surface area (Å²) in [5, 5.41) is 12.4. The lowest BCUT2D eigenvalue weighted by Crippen LogP contribution is -2.49. The summed E-state index contributed by atoms with van der Waals surface area (Å²) in [7, 11) is 0. The first-order chi connectivity index (χ1) is 8.15. The van der Waals surface area contributed by atoms with Crippen LogP contribution < -0.4 is 5.32 Å². The number of pyridine rings is 1. The van der Waals surface area contributed by atoms with Crippen molar-refractivity contribution in [3.05, 3.63) is 27.6 Å². The molecule has 1 aromatic heterocycles. The fraction of sp³-hybridized carbons (Fsp3) is 0.500. The van der Waals surface area contributed by atoms with Crippen LogP contribution in [0.2, 0.25) is 0 Å². The van der Waals surface area contributed by atoms with E-state index in [0.717, 1.165) is 29.3 Å². The second-order valence-electron chi connectivity index (χ2n) is 4.49. The molecule has 17 heavy (non-hydrogen) atoms. The normalized spacial score (nSPS) is 18.0. The summed E-state index contributed by atoms with van der Waals surface area (Å²) in [6.07, 6.45) is 7.09. The van der Waals surface area contributed by atoms with Crippen LogP contribution in [0.1, 0.15) is 36.0 Å². The second-order valence-corrected chi connectivity index (χ2v) is 5.74. The lowest BCUT2D eigenvalue weighted by molar-refractivity contribution is 0.0838.